The molecule has 20 heavy (non-hydrogen) atoms. The van der Waals surface area contributed by atoms with Crippen molar-refractivity contribution in [2.45, 2.75) is 63.5 Å². The van der Waals surface area contributed by atoms with Crippen LogP contribution in [0, 0.1) is 23.7 Å². The van der Waals surface area contributed by atoms with Gasteiger partial charge in [0, 0.05) is 18.6 Å². The van der Waals surface area contributed by atoms with Crippen molar-refractivity contribution in [1.29, 1.82) is 0 Å². The first-order valence-electron chi connectivity index (χ1n) is 8.46. The molecule has 4 nitrogen and oxygen atoms in total. The van der Waals surface area contributed by atoms with Gasteiger partial charge >= 0.3 is 0 Å². The fourth-order valence-electron chi connectivity index (χ4n) is 4.91. The molecule has 0 spiro atoms. The smallest absolute Gasteiger partial charge is 0.225 e. The molecule has 5 N–H and O–H groups in total. The van der Waals surface area contributed by atoms with Gasteiger partial charge in [0.25, 0.3) is 0 Å². The van der Waals surface area contributed by atoms with E-state index in [-0.39, 0.29) is 23.9 Å². The summed E-state index contributed by atoms with van der Waals surface area (Å²) in [5.74, 6) is 1.92. The molecule has 3 saturated carbocycles. The summed E-state index contributed by atoms with van der Waals surface area (Å²) in [6.07, 6.45) is 9.89. The molecule has 3 rings (SSSR count). The Morgan fingerprint density at radius 3 is 2.40 bits per heavy atom. The first-order chi connectivity index (χ1) is 9.70. The Bertz CT molecular complexity index is 352. The summed E-state index contributed by atoms with van der Waals surface area (Å²) < 4.78 is 0. The number of amides is 1. The molecule has 0 aromatic heterocycles. The van der Waals surface area contributed by atoms with E-state index in [2.05, 4.69) is 5.32 Å². The number of carbonyl (C=O) groups excluding carboxylic acids is 1. The maximum absolute atomic E-state index is 12.6. The zero-order chi connectivity index (χ0) is 14.1. The largest absolute Gasteiger partial charge is 0.352 e. The maximum atomic E-state index is 12.6. The highest BCUT2D eigenvalue weighted by Crippen LogP contribution is 2.47. The minimum Gasteiger partial charge on any atom is -0.352 e. The van der Waals surface area contributed by atoms with Crippen LogP contribution in [0.4, 0.5) is 0 Å². The number of carbonyl (C=O) groups is 1. The summed E-state index contributed by atoms with van der Waals surface area (Å²) in [6, 6.07) is 0.243. The molecule has 0 aromatic carbocycles. The molecule has 5 atom stereocenters. The second-order valence-corrected chi connectivity index (χ2v) is 7.19. The molecule has 0 radical (unpaired) electrons. The third-order valence-corrected chi connectivity index (χ3v) is 6.08. The zero-order valence-electron chi connectivity index (χ0n) is 12.4. The van der Waals surface area contributed by atoms with E-state index in [1.165, 1.54) is 44.9 Å². The van der Waals surface area contributed by atoms with Crippen molar-refractivity contribution < 1.29 is 4.79 Å². The molecule has 3 aliphatic carbocycles. The van der Waals surface area contributed by atoms with E-state index in [1.54, 1.807) is 0 Å². The van der Waals surface area contributed by atoms with Gasteiger partial charge in [-0.2, -0.15) is 0 Å². The predicted octanol–water partition coefficient (Wildman–Crippen LogP) is 1.38. The van der Waals surface area contributed by atoms with Crippen LogP contribution in [0.1, 0.15) is 51.4 Å². The van der Waals surface area contributed by atoms with Crippen molar-refractivity contribution in [3.63, 3.8) is 0 Å². The van der Waals surface area contributed by atoms with Crippen molar-refractivity contribution in [2.24, 2.45) is 35.1 Å². The summed E-state index contributed by atoms with van der Waals surface area (Å²) in [7, 11) is 0. The molecule has 3 fully saturated rings. The molecule has 0 heterocycles. The summed E-state index contributed by atoms with van der Waals surface area (Å²) >= 11 is 0. The van der Waals surface area contributed by atoms with Gasteiger partial charge in [-0.1, -0.05) is 19.3 Å². The summed E-state index contributed by atoms with van der Waals surface area (Å²) in [5, 5.41) is 3.25. The van der Waals surface area contributed by atoms with E-state index in [9.17, 15) is 4.79 Å². The average molecular weight is 279 g/mol. The van der Waals surface area contributed by atoms with E-state index in [0.717, 1.165) is 6.42 Å². The Kier molecular flexibility index (Phi) is 4.32. The van der Waals surface area contributed by atoms with Gasteiger partial charge in [-0.3, -0.25) is 4.79 Å². The predicted molar refractivity (Wildman–Crippen MR) is 79.9 cm³/mol. The second kappa shape index (κ2) is 6.02. The highest BCUT2D eigenvalue weighted by atomic mass is 16.2. The van der Waals surface area contributed by atoms with Gasteiger partial charge in [-0.25, -0.2) is 0 Å². The molecular formula is C16H29N3O. The first-order valence-corrected chi connectivity index (χ1v) is 8.46. The topological polar surface area (TPSA) is 81.1 Å². The Morgan fingerprint density at radius 1 is 1.10 bits per heavy atom. The lowest BCUT2D eigenvalue weighted by Gasteiger charge is -2.33. The molecule has 5 unspecified atom stereocenters. The van der Waals surface area contributed by atoms with Crippen molar-refractivity contribution in [3.8, 4) is 0 Å². The maximum Gasteiger partial charge on any atom is 0.225 e. The number of nitrogens with two attached hydrogens (primary N) is 2. The van der Waals surface area contributed by atoms with E-state index in [1.807, 2.05) is 0 Å². The van der Waals surface area contributed by atoms with Crippen molar-refractivity contribution in [2.75, 3.05) is 6.54 Å². The lowest BCUT2D eigenvalue weighted by molar-refractivity contribution is -0.128. The lowest BCUT2D eigenvalue weighted by Crippen LogP contribution is -2.52. The number of hydrogen-bond acceptors (Lipinski definition) is 3. The van der Waals surface area contributed by atoms with Crippen LogP contribution in [0.3, 0.4) is 0 Å². The van der Waals surface area contributed by atoms with E-state index in [4.69, 9.17) is 11.5 Å². The molecule has 0 aliphatic heterocycles. The number of hydrogen-bond donors (Lipinski definition) is 3. The van der Waals surface area contributed by atoms with Crippen molar-refractivity contribution >= 4 is 5.91 Å². The molecule has 0 aromatic rings. The molecular weight excluding hydrogens is 250 g/mol. The Balaban J connectivity index is 1.59. The summed E-state index contributed by atoms with van der Waals surface area (Å²) in [5.41, 5.74) is 12.2. The van der Waals surface area contributed by atoms with Gasteiger partial charge in [0.15, 0.2) is 0 Å². The van der Waals surface area contributed by atoms with Crippen molar-refractivity contribution in [3.05, 3.63) is 0 Å². The van der Waals surface area contributed by atoms with Gasteiger partial charge in [0.05, 0.1) is 5.92 Å². The average Bonchev–Trinajstić information content (AvgIpc) is 3.06. The van der Waals surface area contributed by atoms with Crippen LogP contribution in [0.25, 0.3) is 0 Å². The van der Waals surface area contributed by atoms with E-state index in [0.29, 0.717) is 24.3 Å². The van der Waals surface area contributed by atoms with Crippen molar-refractivity contribution in [1.82, 2.24) is 5.32 Å². The number of nitrogens with one attached hydrogen (secondary N) is 1. The number of rotatable bonds is 4. The molecule has 0 saturated heterocycles. The molecule has 4 heteroatoms. The highest BCUT2D eigenvalue weighted by Gasteiger charge is 2.49. The number of fused-ring (bicyclic) bond motifs is 2. The van der Waals surface area contributed by atoms with Gasteiger partial charge in [-0.15, -0.1) is 0 Å². The van der Waals surface area contributed by atoms with Crippen LogP contribution in [0.5, 0.6) is 0 Å². The van der Waals surface area contributed by atoms with Crippen LogP contribution in [-0.2, 0) is 4.79 Å². The Morgan fingerprint density at radius 2 is 1.80 bits per heavy atom. The Labute approximate surface area is 122 Å². The van der Waals surface area contributed by atoms with Crippen LogP contribution < -0.4 is 16.8 Å². The fraction of sp³-hybridized carbons (Fsp3) is 0.938. The SMILES string of the molecule is NCC(NC(=O)C1C2CCC(C2)C1N)C1CCCCC1. The quantitative estimate of drug-likeness (QED) is 0.727. The van der Waals surface area contributed by atoms with Crippen LogP contribution in [0.15, 0.2) is 0 Å². The van der Waals surface area contributed by atoms with Gasteiger partial charge in [0.2, 0.25) is 5.91 Å². The summed E-state index contributed by atoms with van der Waals surface area (Å²) in [4.78, 5) is 12.6. The van der Waals surface area contributed by atoms with Gasteiger partial charge in [0.1, 0.15) is 0 Å². The normalized spacial score (nSPS) is 38.9. The van der Waals surface area contributed by atoms with E-state index >= 15 is 0 Å². The van der Waals surface area contributed by atoms with E-state index < -0.39 is 0 Å². The molecule has 1 amide bonds. The third-order valence-electron chi connectivity index (χ3n) is 6.08. The minimum atomic E-state index is 0.0476. The third kappa shape index (κ3) is 2.60. The van der Waals surface area contributed by atoms with Gasteiger partial charge < -0.3 is 16.8 Å². The van der Waals surface area contributed by atoms with Crippen LogP contribution in [0.2, 0.25) is 0 Å². The second-order valence-electron chi connectivity index (χ2n) is 7.19. The highest BCUT2D eigenvalue weighted by molar-refractivity contribution is 5.80. The Hall–Kier alpha value is -0.610. The summed E-state index contributed by atoms with van der Waals surface area (Å²) in [6.45, 7) is 0.562. The standard InChI is InChI=1S/C16H29N3O/c17-9-13(10-4-2-1-3-5-10)19-16(20)14-11-6-7-12(8-11)15(14)18/h10-15H,1-9,17-18H2,(H,19,20). The van der Waals surface area contributed by atoms with Crippen LogP contribution in [-0.4, -0.2) is 24.5 Å². The molecule has 114 valence electrons. The lowest BCUT2D eigenvalue weighted by atomic mass is 9.82. The first kappa shape index (κ1) is 14.3. The van der Waals surface area contributed by atoms with Gasteiger partial charge in [-0.05, 0) is 49.9 Å². The zero-order valence-corrected chi connectivity index (χ0v) is 12.4. The monoisotopic (exact) mass is 279 g/mol. The van der Waals surface area contributed by atoms with Crippen LogP contribution >= 0.6 is 0 Å². The molecule has 2 bridgehead atoms. The minimum absolute atomic E-state index is 0.0476. The molecule has 3 aliphatic rings. The fourth-order valence-corrected chi connectivity index (χ4v) is 4.91.